The highest BCUT2D eigenvalue weighted by Gasteiger charge is 2.09. The maximum atomic E-state index is 12.3. The van der Waals surface area contributed by atoms with E-state index in [4.69, 9.17) is 9.47 Å². The Labute approximate surface area is 158 Å². The largest absolute Gasteiger partial charge is 0.495 e. The summed E-state index contributed by atoms with van der Waals surface area (Å²) in [5.41, 5.74) is 2.49. The number of hydrogen-bond donors (Lipinski definition) is 2. The molecule has 27 heavy (non-hydrogen) atoms. The van der Waals surface area contributed by atoms with Gasteiger partial charge in [-0.1, -0.05) is 54.6 Å². The molecule has 0 unspecified atom stereocenters. The number of hydrogen-bond acceptors (Lipinski definition) is 4. The first-order chi connectivity index (χ1) is 13.3. The minimum atomic E-state index is -0.169. The Hall–Kier alpha value is -3.47. The van der Waals surface area contributed by atoms with Crippen molar-refractivity contribution in [2.24, 2.45) is 0 Å². The van der Waals surface area contributed by atoms with Gasteiger partial charge >= 0.3 is 0 Å². The van der Waals surface area contributed by atoms with Crippen LogP contribution in [0.2, 0.25) is 0 Å². The van der Waals surface area contributed by atoms with E-state index in [1.54, 1.807) is 19.2 Å². The molecule has 2 N–H and O–H groups in total. The molecule has 0 bridgehead atoms. The first-order valence-corrected chi connectivity index (χ1v) is 8.69. The molecule has 3 aromatic rings. The van der Waals surface area contributed by atoms with E-state index in [-0.39, 0.29) is 12.5 Å². The van der Waals surface area contributed by atoms with Gasteiger partial charge in [-0.3, -0.25) is 4.79 Å². The molecular weight excluding hydrogens is 340 g/mol. The van der Waals surface area contributed by atoms with E-state index in [2.05, 4.69) is 10.6 Å². The monoisotopic (exact) mass is 362 g/mol. The lowest BCUT2D eigenvalue weighted by Gasteiger charge is -2.14. The van der Waals surface area contributed by atoms with E-state index in [1.165, 1.54) is 0 Å². The van der Waals surface area contributed by atoms with E-state index >= 15 is 0 Å². The van der Waals surface area contributed by atoms with Gasteiger partial charge in [-0.15, -0.1) is 0 Å². The van der Waals surface area contributed by atoms with Crippen molar-refractivity contribution in [2.75, 3.05) is 24.3 Å². The molecule has 0 aromatic heterocycles. The quantitative estimate of drug-likeness (QED) is 0.626. The van der Waals surface area contributed by atoms with Crippen LogP contribution in [-0.4, -0.2) is 19.6 Å². The molecule has 0 aliphatic rings. The lowest BCUT2D eigenvalue weighted by atomic mass is 10.2. The van der Waals surface area contributed by atoms with E-state index in [0.29, 0.717) is 23.8 Å². The number of nitrogens with one attached hydrogen (secondary N) is 2. The normalized spacial score (nSPS) is 10.1. The van der Waals surface area contributed by atoms with Crippen molar-refractivity contribution in [3.05, 3.63) is 84.4 Å². The summed E-state index contributed by atoms with van der Waals surface area (Å²) in [5, 5.41) is 5.97. The van der Waals surface area contributed by atoms with Crippen LogP contribution >= 0.6 is 0 Å². The number of para-hydroxylation sites is 4. The summed E-state index contributed by atoms with van der Waals surface area (Å²) in [7, 11) is 1.57. The third-order valence-electron chi connectivity index (χ3n) is 3.94. The molecule has 0 spiro atoms. The SMILES string of the molecule is COc1ccccc1NC(=O)CNc1ccccc1OCc1ccccc1. The van der Waals surface area contributed by atoms with Crippen molar-refractivity contribution >= 4 is 17.3 Å². The zero-order chi connectivity index (χ0) is 18.9. The molecule has 0 aliphatic carbocycles. The van der Waals surface area contributed by atoms with Crippen LogP contribution < -0.4 is 20.1 Å². The van der Waals surface area contributed by atoms with Gasteiger partial charge in [0.15, 0.2) is 0 Å². The molecule has 0 saturated carbocycles. The van der Waals surface area contributed by atoms with Gasteiger partial charge in [0.05, 0.1) is 25.0 Å². The van der Waals surface area contributed by atoms with Gasteiger partial charge in [-0.25, -0.2) is 0 Å². The molecular formula is C22H22N2O3. The van der Waals surface area contributed by atoms with Gasteiger partial charge < -0.3 is 20.1 Å². The van der Waals surface area contributed by atoms with E-state index in [9.17, 15) is 4.79 Å². The second-order valence-electron chi connectivity index (χ2n) is 5.87. The number of methoxy groups -OCH3 is 1. The fourth-order valence-corrected chi connectivity index (χ4v) is 2.59. The summed E-state index contributed by atoms with van der Waals surface area (Å²) in [6, 6.07) is 24.8. The molecule has 5 nitrogen and oxygen atoms in total. The van der Waals surface area contributed by atoms with Crippen LogP contribution in [0, 0.1) is 0 Å². The number of carbonyl (C=O) groups excluding carboxylic acids is 1. The maximum absolute atomic E-state index is 12.3. The van der Waals surface area contributed by atoms with Crippen LogP contribution in [0.5, 0.6) is 11.5 Å². The van der Waals surface area contributed by atoms with Crippen LogP contribution in [0.1, 0.15) is 5.56 Å². The number of carbonyl (C=O) groups is 1. The van der Waals surface area contributed by atoms with Gasteiger partial charge in [0.1, 0.15) is 18.1 Å². The summed E-state index contributed by atoms with van der Waals surface area (Å²) < 4.78 is 11.1. The lowest BCUT2D eigenvalue weighted by Crippen LogP contribution is -2.22. The number of benzene rings is 3. The van der Waals surface area contributed by atoms with Crippen molar-refractivity contribution < 1.29 is 14.3 Å². The molecule has 0 aliphatic heterocycles. The average molecular weight is 362 g/mol. The van der Waals surface area contributed by atoms with E-state index in [1.807, 2.05) is 66.7 Å². The van der Waals surface area contributed by atoms with Crippen molar-refractivity contribution in [3.8, 4) is 11.5 Å². The predicted octanol–water partition coefficient (Wildman–Crippen LogP) is 4.32. The van der Waals surface area contributed by atoms with Gasteiger partial charge in [-0.2, -0.15) is 0 Å². The number of anilines is 2. The fraction of sp³-hybridized carbons (Fsp3) is 0.136. The highest BCUT2D eigenvalue weighted by Crippen LogP contribution is 2.25. The van der Waals surface area contributed by atoms with E-state index in [0.717, 1.165) is 11.3 Å². The van der Waals surface area contributed by atoms with Gasteiger partial charge in [0.25, 0.3) is 0 Å². The Kier molecular flexibility index (Phi) is 6.30. The topological polar surface area (TPSA) is 59.6 Å². The van der Waals surface area contributed by atoms with Crippen molar-refractivity contribution in [3.63, 3.8) is 0 Å². The molecule has 0 radical (unpaired) electrons. The third kappa shape index (κ3) is 5.25. The predicted molar refractivity (Wildman–Crippen MR) is 107 cm³/mol. The highest BCUT2D eigenvalue weighted by atomic mass is 16.5. The first-order valence-electron chi connectivity index (χ1n) is 8.69. The van der Waals surface area contributed by atoms with Crippen LogP contribution in [-0.2, 0) is 11.4 Å². The minimum absolute atomic E-state index is 0.115. The molecule has 3 rings (SSSR count). The minimum Gasteiger partial charge on any atom is -0.495 e. The van der Waals surface area contributed by atoms with Gasteiger partial charge in [0.2, 0.25) is 5.91 Å². The Morgan fingerprint density at radius 1 is 0.815 bits per heavy atom. The standard InChI is InChI=1S/C22H22N2O3/c1-26-20-13-7-6-12-19(20)24-22(25)15-23-18-11-5-8-14-21(18)27-16-17-9-3-2-4-10-17/h2-14,23H,15-16H2,1H3,(H,24,25). The summed E-state index contributed by atoms with van der Waals surface area (Å²) in [6.07, 6.45) is 0. The molecule has 0 atom stereocenters. The Bertz CT molecular complexity index is 881. The fourth-order valence-electron chi connectivity index (χ4n) is 2.59. The zero-order valence-electron chi connectivity index (χ0n) is 15.1. The Balaban J connectivity index is 1.58. The second-order valence-corrected chi connectivity index (χ2v) is 5.87. The van der Waals surface area contributed by atoms with Crippen LogP contribution in [0.15, 0.2) is 78.9 Å². The van der Waals surface area contributed by atoms with Crippen LogP contribution in [0.25, 0.3) is 0 Å². The first kappa shape index (κ1) is 18.3. The Morgan fingerprint density at radius 2 is 1.44 bits per heavy atom. The number of ether oxygens (including phenoxy) is 2. The summed E-state index contributed by atoms with van der Waals surface area (Å²) in [4.78, 5) is 12.3. The summed E-state index contributed by atoms with van der Waals surface area (Å²) in [5.74, 6) is 1.15. The molecule has 138 valence electrons. The molecule has 0 saturated heterocycles. The van der Waals surface area contributed by atoms with Crippen LogP contribution in [0.3, 0.4) is 0 Å². The lowest BCUT2D eigenvalue weighted by molar-refractivity contribution is -0.114. The molecule has 5 heteroatoms. The second kappa shape index (κ2) is 9.29. The maximum Gasteiger partial charge on any atom is 0.243 e. The summed E-state index contributed by atoms with van der Waals surface area (Å²) >= 11 is 0. The number of rotatable bonds is 8. The number of amides is 1. The smallest absolute Gasteiger partial charge is 0.243 e. The Morgan fingerprint density at radius 3 is 2.19 bits per heavy atom. The highest BCUT2D eigenvalue weighted by molar-refractivity contribution is 5.95. The van der Waals surface area contributed by atoms with Gasteiger partial charge in [0, 0.05) is 0 Å². The molecule has 0 fully saturated rings. The van der Waals surface area contributed by atoms with Crippen molar-refractivity contribution in [1.29, 1.82) is 0 Å². The summed E-state index contributed by atoms with van der Waals surface area (Å²) in [6.45, 7) is 0.580. The van der Waals surface area contributed by atoms with Gasteiger partial charge in [-0.05, 0) is 29.8 Å². The zero-order valence-corrected chi connectivity index (χ0v) is 15.1. The molecule has 3 aromatic carbocycles. The molecule has 0 heterocycles. The van der Waals surface area contributed by atoms with Crippen molar-refractivity contribution in [2.45, 2.75) is 6.61 Å². The van der Waals surface area contributed by atoms with Crippen LogP contribution in [0.4, 0.5) is 11.4 Å². The average Bonchev–Trinajstić information content (AvgIpc) is 2.72. The third-order valence-corrected chi connectivity index (χ3v) is 3.94. The van der Waals surface area contributed by atoms with Crippen molar-refractivity contribution in [1.82, 2.24) is 0 Å². The molecule has 1 amide bonds. The van der Waals surface area contributed by atoms with E-state index < -0.39 is 0 Å².